The predicted octanol–water partition coefficient (Wildman–Crippen LogP) is 3.63. The lowest BCUT2D eigenvalue weighted by molar-refractivity contribution is 0.134. The van der Waals surface area contributed by atoms with E-state index in [4.69, 9.17) is 9.72 Å². The van der Waals surface area contributed by atoms with Crippen LogP contribution in [-0.4, -0.2) is 25.1 Å². The second-order valence-corrected chi connectivity index (χ2v) is 6.13. The van der Waals surface area contributed by atoms with Crippen molar-refractivity contribution < 1.29 is 4.74 Å². The summed E-state index contributed by atoms with van der Waals surface area (Å²) in [7, 11) is 0. The van der Waals surface area contributed by atoms with Gasteiger partial charge < -0.3 is 9.72 Å². The third-order valence-electron chi connectivity index (χ3n) is 4.48. The second kappa shape index (κ2) is 6.16. The van der Waals surface area contributed by atoms with Crippen LogP contribution in [0.1, 0.15) is 11.1 Å². The maximum Gasteiger partial charge on any atom is 0.140 e. The molecule has 3 aromatic heterocycles. The van der Waals surface area contributed by atoms with Gasteiger partial charge in [0.2, 0.25) is 0 Å². The van der Waals surface area contributed by atoms with Crippen LogP contribution in [0.5, 0.6) is 0 Å². The summed E-state index contributed by atoms with van der Waals surface area (Å²) in [6, 6.07) is 14.1. The number of ether oxygens (including phenoxy) is 1. The Labute approximate surface area is 149 Å². The molecule has 0 aliphatic carbocycles. The normalized spacial score (nSPS) is 12.9. The minimum Gasteiger partial charge on any atom is -0.372 e. The summed E-state index contributed by atoms with van der Waals surface area (Å²) in [5, 5.41) is 7.79. The number of H-pyrrole nitrogens is 1. The summed E-state index contributed by atoms with van der Waals surface area (Å²) >= 11 is 0. The van der Waals surface area contributed by atoms with Crippen molar-refractivity contribution in [3.05, 3.63) is 72.2 Å². The summed E-state index contributed by atoms with van der Waals surface area (Å²) in [4.78, 5) is 12.7. The molecule has 1 aliphatic rings. The molecule has 0 radical (unpaired) electrons. The number of fused-ring (bicyclic) bond motifs is 1. The third kappa shape index (κ3) is 2.57. The van der Waals surface area contributed by atoms with Gasteiger partial charge in [-0.05, 0) is 35.4 Å². The predicted molar refractivity (Wildman–Crippen MR) is 96.8 cm³/mol. The standard InChI is InChI=1S/C20H15N5O/c1-2-7-21-17(3-1)19-18(13-4-5-15-11-26-12-16(15)9-13)24-20(25-19)14-6-8-22-23-10-14/h1-10H,11-12H2,(H,24,25). The Hall–Kier alpha value is -3.38. The number of nitrogens with one attached hydrogen (secondary N) is 1. The molecule has 0 unspecified atom stereocenters. The number of nitrogens with zero attached hydrogens (tertiary/aromatic N) is 4. The first-order chi connectivity index (χ1) is 12.9. The van der Waals surface area contributed by atoms with E-state index in [0.29, 0.717) is 13.2 Å². The molecular formula is C20H15N5O. The molecule has 0 fully saturated rings. The first kappa shape index (κ1) is 14.9. The van der Waals surface area contributed by atoms with Gasteiger partial charge in [-0.15, -0.1) is 0 Å². The number of hydrogen-bond donors (Lipinski definition) is 1. The summed E-state index contributed by atoms with van der Waals surface area (Å²) in [6.45, 7) is 1.32. The van der Waals surface area contributed by atoms with Crippen LogP contribution in [0.15, 0.2) is 61.1 Å². The van der Waals surface area contributed by atoms with Crippen molar-refractivity contribution in [2.24, 2.45) is 0 Å². The molecule has 4 aromatic rings. The van der Waals surface area contributed by atoms with Crippen molar-refractivity contribution in [2.45, 2.75) is 13.2 Å². The zero-order valence-electron chi connectivity index (χ0n) is 13.9. The summed E-state index contributed by atoms with van der Waals surface area (Å²) in [6.07, 6.45) is 5.14. The molecule has 5 rings (SSSR count). The molecule has 0 bridgehead atoms. The zero-order chi connectivity index (χ0) is 17.3. The lowest BCUT2D eigenvalue weighted by atomic mass is 10.0. The van der Waals surface area contributed by atoms with Crippen molar-refractivity contribution in [1.29, 1.82) is 0 Å². The van der Waals surface area contributed by atoms with E-state index in [1.54, 1.807) is 18.6 Å². The second-order valence-electron chi connectivity index (χ2n) is 6.13. The van der Waals surface area contributed by atoms with E-state index in [1.165, 1.54) is 11.1 Å². The highest BCUT2D eigenvalue weighted by Gasteiger charge is 2.18. The number of hydrogen-bond acceptors (Lipinski definition) is 5. The highest BCUT2D eigenvalue weighted by molar-refractivity contribution is 5.80. The molecule has 1 aromatic carbocycles. The lowest BCUT2D eigenvalue weighted by Gasteiger charge is -2.04. The van der Waals surface area contributed by atoms with Gasteiger partial charge in [0.05, 0.1) is 42.7 Å². The molecular weight excluding hydrogens is 326 g/mol. The summed E-state index contributed by atoms with van der Waals surface area (Å²) in [5.74, 6) is 0.743. The highest BCUT2D eigenvalue weighted by atomic mass is 16.5. The molecule has 0 amide bonds. The Kier molecular flexibility index (Phi) is 3.54. The van der Waals surface area contributed by atoms with Crippen LogP contribution in [0.3, 0.4) is 0 Å². The monoisotopic (exact) mass is 341 g/mol. The molecule has 6 nitrogen and oxygen atoms in total. The summed E-state index contributed by atoms with van der Waals surface area (Å²) < 4.78 is 5.54. The van der Waals surface area contributed by atoms with Crippen LogP contribution in [0.25, 0.3) is 34.0 Å². The lowest BCUT2D eigenvalue weighted by Crippen LogP contribution is -1.89. The van der Waals surface area contributed by atoms with Gasteiger partial charge in [0, 0.05) is 17.3 Å². The third-order valence-corrected chi connectivity index (χ3v) is 4.48. The van der Waals surface area contributed by atoms with Crippen molar-refractivity contribution in [2.75, 3.05) is 0 Å². The minimum absolute atomic E-state index is 0.646. The number of pyridine rings is 1. The Morgan fingerprint density at radius 3 is 2.69 bits per heavy atom. The van der Waals surface area contributed by atoms with Crippen LogP contribution in [0.4, 0.5) is 0 Å². The molecule has 6 heteroatoms. The zero-order valence-corrected chi connectivity index (χ0v) is 13.9. The van der Waals surface area contributed by atoms with Crippen LogP contribution in [0.2, 0.25) is 0 Å². The van der Waals surface area contributed by atoms with Gasteiger partial charge in [0.15, 0.2) is 0 Å². The van der Waals surface area contributed by atoms with Gasteiger partial charge in [-0.1, -0.05) is 18.2 Å². The van der Waals surface area contributed by atoms with E-state index in [9.17, 15) is 0 Å². The minimum atomic E-state index is 0.646. The number of aromatic nitrogens is 5. The van der Waals surface area contributed by atoms with Crippen LogP contribution >= 0.6 is 0 Å². The number of rotatable bonds is 3. The maximum atomic E-state index is 5.54. The molecule has 0 spiro atoms. The SMILES string of the molecule is c1ccc(-c2[nH]c(-c3ccnnc3)nc2-c2ccc3c(c2)COC3)nc1. The fourth-order valence-electron chi connectivity index (χ4n) is 3.16. The van der Waals surface area contributed by atoms with Crippen LogP contribution < -0.4 is 0 Å². The largest absolute Gasteiger partial charge is 0.372 e. The van der Waals surface area contributed by atoms with Gasteiger partial charge >= 0.3 is 0 Å². The van der Waals surface area contributed by atoms with Crippen molar-refractivity contribution >= 4 is 0 Å². The fourth-order valence-corrected chi connectivity index (χ4v) is 3.16. The summed E-state index contributed by atoms with van der Waals surface area (Å²) in [5.41, 5.74) is 6.97. The van der Waals surface area contributed by atoms with E-state index in [1.807, 2.05) is 24.3 Å². The maximum absolute atomic E-state index is 5.54. The Balaban J connectivity index is 1.69. The van der Waals surface area contributed by atoms with Gasteiger partial charge in [-0.3, -0.25) is 4.98 Å². The van der Waals surface area contributed by atoms with E-state index in [0.717, 1.165) is 34.0 Å². The fraction of sp³-hybridized carbons (Fsp3) is 0.100. The van der Waals surface area contributed by atoms with Gasteiger partial charge in [0.25, 0.3) is 0 Å². The smallest absolute Gasteiger partial charge is 0.140 e. The topological polar surface area (TPSA) is 76.6 Å². The van der Waals surface area contributed by atoms with Crippen LogP contribution in [0, 0.1) is 0 Å². The number of imidazole rings is 1. The quantitative estimate of drug-likeness (QED) is 0.616. The van der Waals surface area contributed by atoms with Gasteiger partial charge in [-0.2, -0.15) is 10.2 Å². The van der Waals surface area contributed by atoms with Crippen molar-refractivity contribution in [3.63, 3.8) is 0 Å². The molecule has 1 aliphatic heterocycles. The molecule has 1 N–H and O–H groups in total. The van der Waals surface area contributed by atoms with Gasteiger partial charge in [-0.25, -0.2) is 4.98 Å². The molecule has 0 saturated carbocycles. The Morgan fingerprint density at radius 2 is 1.85 bits per heavy atom. The van der Waals surface area contributed by atoms with Crippen LogP contribution in [-0.2, 0) is 18.0 Å². The average Bonchev–Trinajstić information content (AvgIpc) is 3.36. The highest BCUT2D eigenvalue weighted by Crippen LogP contribution is 2.34. The van der Waals surface area contributed by atoms with E-state index >= 15 is 0 Å². The first-order valence-electron chi connectivity index (χ1n) is 8.37. The van der Waals surface area contributed by atoms with Crippen molar-refractivity contribution in [3.8, 4) is 34.0 Å². The van der Waals surface area contributed by atoms with Gasteiger partial charge in [0.1, 0.15) is 5.82 Å². The number of aromatic amines is 1. The molecule has 26 heavy (non-hydrogen) atoms. The Bertz CT molecular complexity index is 1060. The average molecular weight is 341 g/mol. The molecule has 0 atom stereocenters. The molecule has 0 saturated heterocycles. The van der Waals surface area contributed by atoms with E-state index < -0.39 is 0 Å². The number of benzene rings is 1. The van der Waals surface area contributed by atoms with Crippen molar-refractivity contribution in [1.82, 2.24) is 25.1 Å². The molecule has 126 valence electrons. The Morgan fingerprint density at radius 1 is 0.885 bits per heavy atom. The molecule has 4 heterocycles. The van der Waals surface area contributed by atoms with E-state index in [-0.39, 0.29) is 0 Å². The first-order valence-corrected chi connectivity index (χ1v) is 8.37. The van der Waals surface area contributed by atoms with E-state index in [2.05, 4.69) is 38.4 Å².